The number of hydrogen-bond donors (Lipinski definition) is 1. The van der Waals surface area contributed by atoms with E-state index in [2.05, 4.69) is 14.9 Å². The molecule has 6 heterocycles. The second-order valence-electron chi connectivity index (χ2n) is 15.4. The lowest BCUT2D eigenvalue weighted by Gasteiger charge is -2.35. The number of thiophene rings is 1. The van der Waals surface area contributed by atoms with E-state index in [4.69, 9.17) is 15.3 Å². The van der Waals surface area contributed by atoms with Crippen molar-refractivity contribution in [3.05, 3.63) is 41.0 Å². The number of carbonyl (C=O) groups excluding carboxylic acids is 2. The number of nitrogen functional groups attached to an aromatic ring is 1. The number of urea groups is 1. The first-order chi connectivity index (χ1) is 29.1. The minimum Gasteiger partial charge on any atom is -0.461 e. The van der Waals surface area contributed by atoms with Crippen molar-refractivity contribution in [1.82, 2.24) is 29.6 Å². The van der Waals surface area contributed by atoms with Crippen molar-refractivity contribution in [3.8, 4) is 23.2 Å². The van der Waals surface area contributed by atoms with Crippen LogP contribution in [0.4, 0.5) is 42.0 Å². The Labute approximate surface area is 354 Å². The van der Waals surface area contributed by atoms with Gasteiger partial charge in [-0.15, -0.1) is 11.3 Å². The van der Waals surface area contributed by atoms with Crippen LogP contribution >= 0.6 is 11.3 Å². The molecule has 4 saturated heterocycles. The number of anilines is 2. The quantitative estimate of drug-likeness (QED) is 0.145. The van der Waals surface area contributed by atoms with Crippen LogP contribution in [-0.2, 0) is 11.0 Å². The number of halogens is 6. The molecule has 4 aliphatic heterocycles. The van der Waals surface area contributed by atoms with Gasteiger partial charge in [-0.05, 0) is 64.4 Å². The fraction of sp³-hybridized carbons (Fsp3) is 0.548. The van der Waals surface area contributed by atoms with E-state index in [0.29, 0.717) is 50.4 Å². The number of nitriles is 1. The van der Waals surface area contributed by atoms with Crippen molar-refractivity contribution in [2.75, 3.05) is 83.2 Å². The van der Waals surface area contributed by atoms with Crippen molar-refractivity contribution < 1.29 is 40.7 Å². The highest BCUT2D eigenvalue weighted by Crippen LogP contribution is 2.48. The minimum atomic E-state index is -5.13. The highest BCUT2D eigenvalue weighted by molar-refractivity contribution is 7.23. The fourth-order valence-electron chi connectivity index (χ4n) is 9.07. The lowest BCUT2D eigenvalue weighted by Crippen LogP contribution is -2.52. The van der Waals surface area contributed by atoms with Crippen molar-refractivity contribution in [3.63, 3.8) is 0 Å². The van der Waals surface area contributed by atoms with Crippen LogP contribution in [0.25, 0.3) is 32.1 Å². The molecule has 0 bridgehead atoms. The van der Waals surface area contributed by atoms with Crippen molar-refractivity contribution >= 4 is 55.5 Å². The molecule has 0 saturated carbocycles. The lowest BCUT2D eigenvalue weighted by molar-refractivity contribution is -0.137. The molecular weight excluding hydrogens is 825 g/mol. The van der Waals surface area contributed by atoms with E-state index >= 15 is 22.0 Å². The Morgan fingerprint density at radius 1 is 1.11 bits per heavy atom. The van der Waals surface area contributed by atoms with Gasteiger partial charge in [-0.1, -0.05) is 19.9 Å². The Hall–Kier alpha value is -4.93. The lowest BCUT2D eigenvalue weighted by atomic mass is 9.92. The molecule has 2 aromatic heterocycles. The van der Waals surface area contributed by atoms with Gasteiger partial charge < -0.3 is 34.9 Å². The zero-order valence-electron chi connectivity index (χ0n) is 34.9. The fourth-order valence-corrected chi connectivity index (χ4v) is 10.0. The maximum absolute atomic E-state index is 17.3. The molecule has 12 nitrogen and oxygen atoms in total. The van der Waals surface area contributed by atoms with Crippen LogP contribution in [0.3, 0.4) is 0 Å². The molecule has 330 valence electrons. The molecule has 4 fully saturated rings. The highest BCUT2D eigenvalue weighted by Gasteiger charge is 2.49. The summed E-state index contributed by atoms with van der Waals surface area (Å²) < 4.78 is 98.6. The first-order valence-electron chi connectivity index (χ1n) is 20.6. The van der Waals surface area contributed by atoms with Gasteiger partial charge in [0.05, 0.1) is 21.4 Å². The molecule has 2 amide bonds. The summed E-state index contributed by atoms with van der Waals surface area (Å²) in [7, 11) is 1.99. The van der Waals surface area contributed by atoms with Gasteiger partial charge in [0.2, 0.25) is 0 Å². The molecule has 2 N–H and O–H groups in total. The molecule has 3 unspecified atom stereocenters. The zero-order valence-corrected chi connectivity index (χ0v) is 35.7. The standard InChI is InChI=1S/C38H41F6N9O2S.C2H4O.C2H6/c1-3-53(22-7-10-51(19-22)36(54)50-13-11-49(2)12-14-50)34-24-15-26(38(42,43)44)29(23-5-6-27(40)32-28(23)25(17-45)33(46)56-32)30(41)31(24)47-35(48-34)55-20-37-8-4-9-52(37)18-21(39)16-37;1-2-3;1-2/h5-6,15,21-22H,3-4,7-14,16,18-20,46H2,1-2H3;2H,1H3;1-2H3. The highest BCUT2D eigenvalue weighted by atomic mass is 32.1. The number of aromatic nitrogens is 2. The normalized spacial score (nSPS) is 21.7. The number of likely N-dealkylation sites (N-methyl/N-ethyl adjacent to an activating group) is 2. The summed E-state index contributed by atoms with van der Waals surface area (Å²) in [5.41, 5.74) is 1.94. The summed E-state index contributed by atoms with van der Waals surface area (Å²) in [6, 6.07) is 3.73. The third-order valence-corrected chi connectivity index (χ3v) is 12.9. The first kappa shape index (κ1) is 45.6. The molecule has 4 aromatic rings. The maximum Gasteiger partial charge on any atom is 0.417 e. The summed E-state index contributed by atoms with van der Waals surface area (Å²) in [5, 5.41) is 9.30. The zero-order chi connectivity index (χ0) is 44.4. The van der Waals surface area contributed by atoms with Gasteiger partial charge in [0, 0.05) is 81.2 Å². The number of alkyl halides is 4. The van der Waals surface area contributed by atoms with Gasteiger partial charge in [-0.2, -0.15) is 28.4 Å². The predicted octanol–water partition coefficient (Wildman–Crippen LogP) is 7.72. The number of carbonyl (C=O) groups is 2. The van der Waals surface area contributed by atoms with Gasteiger partial charge in [0.15, 0.2) is 5.82 Å². The largest absolute Gasteiger partial charge is 0.461 e. The van der Waals surface area contributed by atoms with E-state index < -0.39 is 52.2 Å². The molecule has 2 aromatic carbocycles. The topological polar surface area (TPSA) is 135 Å². The number of ether oxygens (including phenoxy) is 1. The number of piperazine rings is 1. The second kappa shape index (κ2) is 18.6. The van der Waals surface area contributed by atoms with E-state index in [1.54, 1.807) is 21.6 Å². The van der Waals surface area contributed by atoms with Crippen molar-refractivity contribution in [1.29, 1.82) is 5.26 Å². The maximum atomic E-state index is 17.3. The first-order valence-corrected chi connectivity index (χ1v) is 21.4. The molecule has 0 spiro atoms. The Morgan fingerprint density at radius 3 is 2.48 bits per heavy atom. The van der Waals surface area contributed by atoms with E-state index in [9.17, 15) is 14.4 Å². The van der Waals surface area contributed by atoms with Crippen LogP contribution in [0.2, 0.25) is 0 Å². The predicted molar refractivity (Wildman–Crippen MR) is 223 cm³/mol. The van der Waals surface area contributed by atoms with Gasteiger partial charge in [-0.3, -0.25) is 4.90 Å². The Balaban J connectivity index is 0.00000119. The summed E-state index contributed by atoms with van der Waals surface area (Å²) in [6.07, 6.45) is -3.24. The summed E-state index contributed by atoms with van der Waals surface area (Å²) in [4.78, 5) is 40.8. The van der Waals surface area contributed by atoms with Crippen molar-refractivity contribution in [2.45, 2.75) is 77.3 Å². The third-order valence-electron chi connectivity index (χ3n) is 11.9. The number of amides is 2. The number of nitrogens with zero attached hydrogens (tertiary/aromatic N) is 8. The van der Waals surface area contributed by atoms with E-state index in [0.717, 1.165) is 44.0 Å². The average molecular weight is 876 g/mol. The molecular formula is C42H51F6N9O3S. The number of hydrogen-bond acceptors (Lipinski definition) is 11. The summed E-state index contributed by atoms with van der Waals surface area (Å²) in [6.45, 7) is 11.7. The van der Waals surface area contributed by atoms with Gasteiger partial charge >= 0.3 is 18.2 Å². The van der Waals surface area contributed by atoms with E-state index in [1.807, 2.05) is 31.9 Å². The third kappa shape index (κ3) is 8.76. The molecule has 8 rings (SSSR count). The number of rotatable bonds is 7. The van der Waals surface area contributed by atoms with Crippen LogP contribution in [0.1, 0.15) is 64.5 Å². The molecule has 0 radical (unpaired) electrons. The number of nitrogens with two attached hydrogens (primary N) is 1. The number of aldehydes is 1. The van der Waals surface area contributed by atoms with Crippen LogP contribution in [0.15, 0.2) is 18.2 Å². The number of benzene rings is 2. The SMILES string of the molecule is CC.CC=O.CCN(c1nc(OCC23CCCN2CC(F)C3)nc2c(F)c(-c3ccc(F)c4sc(N)c(C#N)c34)c(C(F)(F)F)cc12)C1CCN(C(=O)N2CCN(C)CC2)C1. The van der Waals surface area contributed by atoms with Crippen molar-refractivity contribution in [2.24, 2.45) is 0 Å². The molecule has 4 aliphatic rings. The number of likely N-dealkylation sites (tertiary alicyclic amines) is 1. The van der Waals surface area contributed by atoms with Gasteiger partial charge in [-0.25, -0.2) is 18.0 Å². The minimum absolute atomic E-state index is 0.0142. The molecule has 0 aliphatic carbocycles. The molecule has 19 heteroatoms. The second-order valence-corrected chi connectivity index (χ2v) is 16.5. The average Bonchev–Trinajstić information content (AvgIpc) is 4.01. The summed E-state index contributed by atoms with van der Waals surface area (Å²) >= 11 is 0.685. The van der Waals surface area contributed by atoms with Crippen LogP contribution < -0.4 is 15.4 Å². The van der Waals surface area contributed by atoms with Crippen LogP contribution in [0.5, 0.6) is 6.01 Å². The molecule has 61 heavy (non-hydrogen) atoms. The Bertz CT molecular complexity index is 2300. The van der Waals surface area contributed by atoms with Crippen LogP contribution in [-0.4, -0.2) is 132 Å². The van der Waals surface area contributed by atoms with Gasteiger partial charge in [0.1, 0.15) is 47.3 Å². The van der Waals surface area contributed by atoms with Gasteiger partial charge in [0.25, 0.3) is 0 Å². The van der Waals surface area contributed by atoms with Crippen LogP contribution in [0, 0.1) is 23.0 Å². The number of fused-ring (bicyclic) bond motifs is 3. The Kier molecular flexibility index (Phi) is 13.9. The monoisotopic (exact) mass is 875 g/mol. The molecule has 3 atom stereocenters. The summed E-state index contributed by atoms with van der Waals surface area (Å²) in [5.74, 6) is -2.21. The smallest absolute Gasteiger partial charge is 0.417 e. The van der Waals surface area contributed by atoms with E-state index in [-0.39, 0.29) is 82.1 Å². The Morgan fingerprint density at radius 2 is 1.82 bits per heavy atom. The van der Waals surface area contributed by atoms with E-state index in [1.165, 1.54) is 6.92 Å².